The Morgan fingerprint density at radius 2 is 2.17 bits per heavy atom. The van der Waals surface area contributed by atoms with Crippen LogP contribution in [0.4, 0.5) is 0 Å². The van der Waals surface area contributed by atoms with Crippen LogP contribution in [0.25, 0.3) is 16.0 Å². The molecule has 2 aromatic heterocycles. The number of primary amides is 1. The molecule has 0 bridgehead atoms. The summed E-state index contributed by atoms with van der Waals surface area (Å²) in [6, 6.07) is 9.73. The Balaban J connectivity index is 1.92. The van der Waals surface area contributed by atoms with Gasteiger partial charge in [-0.25, -0.2) is 4.98 Å². The first-order valence-corrected chi connectivity index (χ1v) is 8.51. The van der Waals surface area contributed by atoms with Gasteiger partial charge in [0, 0.05) is 6.07 Å². The van der Waals surface area contributed by atoms with Crippen LogP contribution in [0.1, 0.15) is 35.9 Å². The number of nitrogens with two attached hydrogens (primary N) is 1. The van der Waals surface area contributed by atoms with Crippen molar-refractivity contribution in [2.75, 3.05) is 6.61 Å². The highest BCUT2D eigenvalue weighted by Gasteiger charge is 2.17. The summed E-state index contributed by atoms with van der Waals surface area (Å²) < 4.78 is 7.72. The SMILES string of the molecule is CCCCCOc1cc(-n2cnc3ccccc32)sc1C(N)=O. The minimum atomic E-state index is -0.462. The number of ether oxygens (including phenoxy) is 1. The molecule has 0 aliphatic heterocycles. The number of fused-ring (bicyclic) bond motifs is 1. The van der Waals surface area contributed by atoms with Gasteiger partial charge in [0.25, 0.3) is 5.91 Å². The maximum atomic E-state index is 11.7. The molecular weight excluding hydrogens is 310 g/mol. The van der Waals surface area contributed by atoms with E-state index in [0.29, 0.717) is 17.2 Å². The second-order valence-electron chi connectivity index (χ2n) is 5.30. The Labute approximate surface area is 138 Å². The Morgan fingerprint density at radius 3 is 2.96 bits per heavy atom. The summed E-state index contributed by atoms with van der Waals surface area (Å²) in [5, 5.41) is 0.873. The Morgan fingerprint density at radius 1 is 1.35 bits per heavy atom. The molecule has 0 saturated heterocycles. The number of aromatic nitrogens is 2. The Hall–Kier alpha value is -2.34. The number of carbonyl (C=O) groups is 1. The smallest absolute Gasteiger partial charge is 0.262 e. The number of amides is 1. The van der Waals surface area contributed by atoms with E-state index < -0.39 is 5.91 Å². The van der Waals surface area contributed by atoms with Gasteiger partial charge >= 0.3 is 0 Å². The first-order chi connectivity index (χ1) is 11.2. The third-order valence-electron chi connectivity index (χ3n) is 3.61. The zero-order valence-electron chi connectivity index (χ0n) is 13.0. The summed E-state index contributed by atoms with van der Waals surface area (Å²) >= 11 is 1.33. The van der Waals surface area contributed by atoms with E-state index in [-0.39, 0.29) is 0 Å². The molecule has 3 rings (SSSR count). The molecule has 0 atom stereocenters. The lowest BCUT2D eigenvalue weighted by molar-refractivity contribution is 0.100. The van der Waals surface area contributed by atoms with Crippen LogP contribution >= 0.6 is 11.3 Å². The van der Waals surface area contributed by atoms with Crippen LogP contribution in [0, 0.1) is 0 Å². The monoisotopic (exact) mass is 329 g/mol. The van der Waals surface area contributed by atoms with Crippen molar-refractivity contribution in [3.8, 4) is 10.8 Å². The lowest BCUT2D eigenvalue weighted by Gasteiger charge is -2.04. The molecule has 0 unspecified atom stereocenters. The summed E-state index contributed by atoms with van der Waals surface area (Å²) in [6.45, 7) is 2.73. The summed E-state index contributed by atoms with van der Waals surface area (Å²) in [7, 11) is 0. The van der Waals surface area contributed by atoms with Gasteiger partial charge in [-0.15, -0.1) is 11.3 Å². The Bertz CT molecular complexity index is 822. The number of unbranched alkanes of at least 4 members (excludes halogenated alkanes) is 2. The van der Waals surface area contributed by atoms with Crippen LogP contribution in [0.2, 0.25) is 0 Å². The van der Waals surface area contributed by atoms with Crippen molar-refractivity contribution >= 4 is 28.3 Å². The van der Waals surface area contributed by atoms with E-state index in [1.807, 2.05) is 34.9 Å². The van der Waals surface area contributed by atoms with Crippen LogP contribution in [-0.4, -0.2) is 22.1 Å². The molecule has 0 spiro atoms. The molecule has 2 N–H and O–H groups in total. The van der Waals surface area contributed by atoms with E-state index in [9.17, 15) is 4.79 Å². The molecule has 0 saturated carbocycles. The number of benzene rings is 1. The van der Waals surface area contributed by atoms with Crippen LogP contribution < -0.4 is 10.5 Å². The van der Waals surface area contributed by atoms with Gasteiger partial charge in [-0.1, -0.05) is 31.9 Å². The maximum absolute atomic E-state index is 11.7. The summed E-state index contributed by atoms with van der Waals surface area (Å²) in [6.07, 6.45) is 4.95. The molecular formula is C17H19N3O2S. The molecule has 0 fully saturated rings. The fourth-order valence-corrected chi connectivity index (χ4v) is 3.37. The number of carbonyl (C=O) groups excluding carboxylic acids is 1. The van der Waals surface area contributed by atoms with Gasteiger partial charge in [-0.2, -0.15) is 0 Å². The standard InChI is InChI=1S/C17H19N3O2S/c1-2-3-6-9-22-14-10-15(23-16(14)17(18)21)20-11-19-12-7-4-5-8-13(12)20/h4-5,7-8,10-11H,2-3,6,9H2,1H3,(H2,18,21). The van der Waals surface area contributed by atoms with E-state index >= 15 is 0 Å². The zero-order valence-corrected chi connectivity index (χ0v) is 13.8. The third kappa shape index (κ3) is 3.22. The van der Waals surface area contributed by atoms with Gasteiger partial charge in [0.05, 0.1) is 17.6 Å². The Kier molecular flexibility index (Phi) is 4.62. The second kappa shape index (κ2) is 6.83. The molecule has 0 aliphatic carbocycles. The lowest BCUT2D eigenvalue weighted by Crippen LogP contribution is -2.10. The topological polar surface area (TPSA) is 70.1 Å². The van der Waals surface area contributed by atoms with Crippen molar-refractivity contribution in [3.63, 3.8) is 0 Å². The highest BCUT2D eigenvalue weighted by Crippen LogP contribution is 2.33. The van der Waals surface area contributed by atoms with Gasteiger partial charge in [-0.05, 0) is 18.6 Å². The molecule has 5 nitrogen and oxygen atoms in total. The van der Waals surface area contributed by atoms with Crippen LogP contribution in [-0.2, 0) is 0 Å². The molecule has 6 heteroatoms. The van der Waals surface area contributed by atoms with Crippen molar-refractivity contribution in [2.24, 2.45) is 5.73 Å². The fraction of sp³-hybridized carbons (Fsp3) is 0.294. The van der Waals surface area contributed by atoms with Gasteiger partial charge in [-0.3, -0.25) is 9.36 Å². The molecule has 1 aromatic carbocycles. The van der Waals surface area contributed by atoms with Gasteiger partial charge in [0.15, 0.2) is 0 Å². The largest absolute Gasteiger partial charge is 0.492 e. The number of para-hydroxylation sites is 2. The molecule has 0 radical (unpaired) electrons. The van der Waals surface area contributed by atoms with E-state index in [1.54, 1.807) is 6.33 Å². The summed E-state index contributed by atoms with van der Waals surface area (Å²) in [5.41, 5.74) is 7.39. The first kappa shape index (κ1) is 15.6. The summed E-state index contributed by atoms with van der Waals surface area (Å²) in [5.74, 6) is 0.0996. The first-order valence-electron chi connectivity index (χ1n) is 7.69. The molecule has 120 valence electrons. The van der Waals surface area contributed by atoms with Crippen molar-refractivity contribution < 1.29 is 9.53 Å². The van der Waals surface area contributed by atoms with Crippen LogP contribution in [0.3, 0.4) is 0 Å². The third-order valence-corrected chi connectivity index (χ3v) is 4.74. The van der Waals surface area contributed by atoms with Crippen molar-refractivity contribution in [1.82, 2.24) is 9.55 Å². The number of nitrogens with zero attached hydrogens (tertiary/aromatic N) is 2. The minimum Gasteiger partial charge on any atom is -0.492 e. The minimum absolute atomic E-state index is 0.453. The van der Waals surface area contributed by atoms with Gasteiger partial charge in [0.2, 0.25) is 0 Å². The lowest BCUT2D eigenvalue weighted by atomic mass is 10.3. The average Bonchev–Trinajstić information content (AvgIpc) is 3.15. The number of imidazole rings is 1. The fourth-order valence-electron chi connectivity index (χ4n) is 2.43. The van der Waals surface area contributed by atoms with Crippen LogP contribution in [0.5, 0.6) is 5.75 Å². The van der Waals surface area contributed by atoms with E-state index in [2.05, 4.69) is 11.9 Å². The summed E-state index contributed by atoms with van der Waals surface area (Å²) in [4.78, 5) is 16.5. The van der Waals surface area contributed by atoms with Crippen molar-refractivity contribution in [2.45, 2.75) is 26.2 Å². The van der Waals surface area contributed by atoms with Gasteiger partial charge < -0.3 is 10.5 Å². The van der Waals surface area contributed by atoms with E-state index in [4.69, 9.17) is 10.5 Å². The average molecular weight is 329 g/mol. The molecule has 3 aromatic rings. The highest BCUT2D eigenvalue weighted by molar-refractivity contribution is 7.16. The number of thiophene rings is 1. The molecule has 1 amide bonds. The van der Waals surface area contributed by atoms with Gasteiger partial charge in [0.1, 0.15) is 22.0 Å². The molecule has 0 aliphatic rings. The normalized spacial score (nSPS) is 11.0. The number of hydrogen-bond acceptors (Lipinski definition) is 4. The number of hydrogen-bond donors (Lipinski definition) is 1. The number of rotatable bonds is 7. The second-order valence-corrected chi connectivity index (χ2v) is 6.33. The highest BCUT2D eigenvalue weighted by atomic mass is 32.1. The zero-order chi connectivity index (χ0) is 16.2. The predicted octanol–water partition coefficient (Wildman–Crippen LogP) is 3.75. The predicted molar refractivity (Wildman–Crippen MR) is 92.5 cm³/mol. The van der Waals surface area contributed by atoms with Crippen molar-refractivity contribution in [3.05, 3.63) is 41.5 Å². The quantitative estimate of drug-likeness (QED) is 0.671. The van der Waals surface area contributed by atoms with Crippen molar-refractivity contribution in [1.29, 1.82) is 0 Å². The van der Waals surface area contributed by atoms with Crippen LogP contribution in [0.15, 0.2) is 36.7 Å². The van der Waals surface area contributed by atoms with E-state index in [1.165, 1.54) is 11.3 Å². The maximum Gasteiger partial charge on any atom is 0.262 e. The molecule has 23 heavy (non-hydrogen) atoms. The van der Waals surface area contributed by atoms with E-state index in [0.717, 1.165) is 35.3 Å². The molecule has 2 heterocycles.